The fourth-order valence-electron chi connectivity index (χ4n) is 4.10. The summed E-state index contributed by atoms with van der Waals surface area (Å²) in [6.45, 7) is 4.59. The molecule has 2 heterocycles. The zero-order valence-electron chi connectivity index (χ0n) is 14.9. The summed E-state index contributed by atoms with van der Waals surface area (Å²) in [6.07, 6.45) is 8.25. The van der Waals surface area contributed by atoms with E-state index < -0.39 is 0 Å². The molecule has 3 fully saturated rings. The molecule has 0 aromatic rings. The van der Waals surface area contributed by atoms with Crippen LogP contribution in [0.2, 0.25) is 0 Å². The third kappa shape index (κ3) is 4.41. The lowest BCUT2D eigenvalue weighted by Gasteiger charge is -2.24. The van der Waals surface area contributed by atoms with Gasteiger partial charge in [0.05, 0.1) is 6.61 Å². The molecule has 3 aliphatic rings. The van der Waals surface area contributed by atoms with Crippen LogP contribution in [0, 0.1) is 5.41 Å². The Labute approximate surface area is 145 Å². The summed E-state index contributed by atoms with van der Waals surface area (Å²) >= 11 is 0. The van der Waals surface area contributed by atoms with Gasteiger partial charge in [0, 0.05) is 45.1 Å². The van der Waals surface area contributed by atoms with Gasteiger partial charge in [0.15, 0.2) is 5.96 Å². The van der Waals surface area contributed by atoms with Crippen molar-refractivity contribution in [3.05, 3.63) is 0 Å². The maximum atomic E-state index is 11.8. The van der Waals surface area contributed by atoms with Crippen molar-refractivity contribution in [1.29, 1.82) is 0 Å². The van der Waals surface area contributed by atoms with Crippen LogP contribution in [-0.4, -0.2) is 62.8 Å². The highest BCUT2D eigenvalue weighted by molar-refractivity contribution is 5.80. The van der Waals surface area contributed by atoms with Gasteiger partial charge in [-0.1, -0.05) is 0 Å². The van der Waals surface area contributed by atoms with Gasteiger partial charge in [0.25, 0.3) is 0 Å². The minimum absolute atomic E-state index is 0.0538. The number of carbonyl (C=O) groups is 1. The summed E-state index contributed by atoms with van der Waals surface area (Å²) in [7, 11) is 1.83. The average molecular weight is 337 g/mol. The molecule has 0 bridgehead atoms. The van der Waals surface area contributed by atoms with Gasteiger partial charge in [0.2, 0.25) is 0 Å². The Balaban J connectivity index is 1.33. The van der Waals surface area contributed by atoms with Crippen LogP contribution in [0.15, 0.2) is 4.99 Å². The Bertz CT molecular complexity index is 454. The Hall–Kier alpha value is -1.30. The second-order valence-electron chi connectivity index (χ2n) is 7.45. The van der Waals surface area contributed by atoms with Crippen molar-refractivity contribution in [2.45, 2.75) is 57.5 Å². The number of carbonyl (C=O) groups excluding carboxylic acids is 1. The van der Waals surface area contributed by atoms with Gasteiger partial charge in [-0.25, -0.2) is 0 Å². The summed E-state index contributed by atoms with van der Waals surface area (Å²) in [5.74, 6) is 0.893. The Kier molecular flexibility index (Phi) is 5.98. The molecule has 6 heteroatoms. The van der Waals surface area contributed by atoms with Crippen molar-refractivity contribution in [2.75, 3.05) is 39.9 Å². The van der Waals surface area contributed by atoms with Crippen LogP contribution in [0.25, 0.3) is 0 Å². The first-order chi connectivity index (χ1) is 11.7. The van der Waals surface area contributed by atoms with Crippen molar-refractivity contribution in [3.63, 3.8) is 0 Å². The molecule has 0 radical (unpaired) electrons. The molecule has 1 aliphatic carbocycles. The molecule has 1 saturated carbocycles. The molecule has 24 heavy (non-hydrogen) atoms. The lowest BCUT2D eigenvalue weighted by Crippen LogP contribution is -2.41. The average Bonchev–Trinajstić information content (AvgIpc) is 3.32. The first kappa shape index (κ1) is 17.5. The van der Waals surface area contributed by atoms with Crippen molar-refractivity contribution in [3.8, 4) is 0 Å². The molecule has 2 aliphatic heterocycles. The standard InChI is InChI=1S/C18H31N3O3/c1-19-17(21-11-8-18(13-21)9-12-23-14-18)20-10-4-7-16(22)24-15-5-2-3-6-15/h15H,2-14H2,1H3,(H,19,20). The number of hydrogen-bond acceptors (Lipinski definition) is 4. The minimum Gasteiger partial charge on any atom is -0.462 e. The highest BCUT2D eigenvalue weighted by Gasteiger charge is 2.42. The summed E-state index contributed by atoms with van der Waals surface area (Å²) in [5.41, 5.74) is 0.336. The predicted octanol–water partition coefficient (Wildman–Crippen LogP) is 1.94. The maximum Gasteiger partial charge on any atom is 0.306 e. The lowest BCUT2D eigenvalue weighted by atomic mass is 9.87. The van der Waals surface area contributed by atoms with E-state index in [1.807, 2.05) is 7.05 Å². The highest BCUT2D eigenvalue weighted by Crippen LogP contribution is 2.38. The molecule has 136 valence electrons. The number of nitrogens with one attached hydrogen (secondary N) is 1. The van der Waals surface area contributed by atoms with Crippen LogP contribution in [0.4, 0.5) is 0 Å². The number of rotatable bonds is 5. The Morgan fingerprint density at radius 3 is 2.92 bits per heavy atom. The summed E-state index contributed by atoms with van der Waals surface area (Å²) in [4.78, 5) is 18.6. The van der Waals surface area contributed by atoms with Gasteiger partial charge in [-0.15, -0.1) is 0 Å². The predicted molar refractivity (Wildman–Crippen MR) is 93.0 cm³/mol. The third-order valence-corrected chi connectivity index (χ3v) is 5.58. The van der Waals surface area contributed by atoms with E-state index in [2.05, 4.69) is 15.2 Å². The zero-order chi connectivity index (χ0) is 16.8. The van der Waals surface area contributed by atoms with Crippen molar-refractivity contribution < 1.29 is 14.3 Å². The summed E-state index contributed by atoms with van der Waals surface area (Å²) in [5, 5.41) is 3.39. The molecule has 1 N–H and O–H groups in total. The van der Waals surface area contributed by atoms with E-state index in [9.17, 15) is 4.79 Å². The maximum absolute atomic E-state index is 11.8. The lowest BCUT2D eigenvalue weighted by molar-refractivity contribution is -0.148. The van der Waals surface area contributed by atoms with Crippen LogP contribution >= 0.6 is 0 Å². The molecule has 1 spiro atoms. The topological polar surface area (TPSA) is 63.2 Å². The van der Waals surface area contributed by atoms with Crippen LogP contribution in [0.1, 0.15) is 51.4 Å². The van der Waals surface area contributed by atoms with Crippen LogP contribution in [0.3, 0.4) is 0 Å². The molecule has 1 atom stereocenters. The van der Waals surface area contributed by atoms with E-state index in [1.54, 1.807) is 0 Å². The molecule has 2 saturated heterocycles. The van der Waals surface area contributed by atoms with Gasteiger partial charge in [-0.05, 0) is 44.9 Å². The van der Waals surface area contributed by atoms with E-state index >= 15 is 0 Å². The first-order valence-corrected chi connectivity index (χ1v) is 9.44. The molecule has 3 rings (SSSR count). The van der Waals surface area contributed by atoms with Crippen molar-refractivity contribution >= 4 is 11.9 Å². The van der Waals surface area contributed by atoms with Gasteiger partial charge < -0.3 is 19.7 Å². The van der Waals surface area contributed by atoms with Crippen LogP contribution in [-0.2, 0) is 14.3 Å². The molecule has 1 unspecified atom stereocenters. The van der Waals surface area contributed by atoms with Crippen molar-refractivity contribution in [1.82, 2.24) is 10.2 Å². The molecule has 0 aromatic carbocycles. The fourth-order valence-corrected chi connectivity index (χ4v) is 4.10. The van der Waals surface area contributed by atoms with E-state index in [0.717, 1.165) is 64.5 Å². The minimum atomic E-state index is -0.0538. The number of hydrogen-bond donors (Lipinski definition) is 1. The van der Waals surface area contributed by atoms with E-state index in [0.29, 0.717) is 11.8 Å². The number of guanidine groups is 1. The molecular weight excluding hydrogens is 306 g/mol. The zero-order valence-corrected chi connectivity index (χ0v) is 14.9. The Morgan fingerprint density at radius 1 is 1.38 bits per heavy atom. The smallest absolute Gasteiger partial charge is 0.306 e. The van der Waals surface area contributed by atoms with Gasteiger partial charge in [0.1, 0.15) is 6.10 Å². The quantitative estimate of drug-likeness (QED) is 0.359. The number of aliphatic imine (C=N–C) groups is 1. The van der Waals surface area contributed by atoms with E-state index in [4.69, 9.17) is 9.47 Å². The van der Waals surface area contributed by atoms with Gasteiger partial charge in [-0.3, -0.25) is 9.79 Å². The van der Waals surface area contributed by atoms with Gasteiger partial charge in [-0.2, -0.15) is 0 Å². The number of likely N-dealkylation sites (tertiary alicyclic amines) is 1. The highest BCUT2D eigenvalue weighted by atomic mass is 16.5. The van der Waals surface area contributed by atoms with E-state index in [1.165, 1.54) is 19.3 Å². The second kappa shape index (κ2) is 8.19. The number of esters is 1. The van der Waals surface area contributed by atoms with E-state index in [-0.39, 0.29) is 12.1 Å². The van der Waals surface area contributed by atoms with Crippen LogP contribution in [0.5, 0.6) is 0 Å². The third-order valence-electron chi connectivity index (χ3n) is 5.58. The molecule has 6 nitrogen and oxygen atoms in total. The van der Waals surface area contributed by atoms with Gasteiger partial charge >= 0.3 is 5.97 Å². The van der Waals surface area contributed by atoms with Crippen LogP contribution < -0.4 is 5.32 Å². The largest absolute Gasteiger partial charge is 0.462 e. The summed E-state index contributed by atoms with van der Waals surface area (Å²) in [6, 6.07) is 0. The number of nitrogens with zero attached hydrogens (tertiary/aromatic N) is 2. The SMILES string of the molecule is CN=C(NCCCC(=O)OC1CCCC1)N1CCC2(CCOC2)C1. The molecule has 0 amide bonds. The van der Waals surface area contributed by atoms with Crippen molar-refractivity contribution in [2.24, 2.45) is 10.4 Å². The summed E-state index contributed by atoms with van der Waals surface area (Å²) < 4.78 is 11.1. The normalized spacial score (nSPS) is 28.0. The first-order valence-electron chi connectivity index (χ1n) is 9.44. The fraction of sp³-hybridized carbons (Fsp3) is 0.889. The monoisotopic (exact) mass is 337 g/mol. The Morgan fingerprint density at radius 2 is 2.21 bits per heavy atom. The molecule has 0 aromatic heterocycles. The second-order valence-corrected chi connectivity index (χ2v) is 7.45. The molecular formula is C18H31N3O3. The number of ether oxygens (including phenoxy) is 2.